The third kappa shape index (κ3) is 5.66. The maximum absolute atomic E-state index is 12.9. The molecular weight excluding hydrogens is 502 g/mol. The summed E-state index contributed by atoms with van der Waals surface area (Å²) in [6, 6.07) is 14.0. The molecule has 35 heavy (non-hydrogen) atoms. The standard InChI is InChI=1S/C25H18Cl2F3N3O2/c26-19-8-10-20(22(27)12-19)16-5-9-21(24(33(34)35)23-13-31-14-32-23)17(11-16)4-1-15-2-6-18(7-3-15)25(28,29)30/h2-3,5-14,24H,1,4H2,(H,31,32). The number of nitrogens with zero attached hydrogens (tertiary/aromatic N) is 2. The van der Waals surface area contributed by atoms with E-state index in [0.29, 0.717) is 45.1 Å². The van der Waals surface area contributed by atoms with E-state index in [9.17, 15) is 23.3 Å². The number of hydrogen-bond donors (Lipinski definition) is 1. The van der Waals surface area contributed by atoms with E-state index >= 15 is 0 Å². The molecule has 0 aliphatic rings. The number of alkyl halides is 3. The predicted octanol–water partition coefficient (Wildman–Crippen LogP) is 7.55. The minimum Gasteiger partial charge on any atom is -0.351 e. The minimum absolute atomic E-state index is 0.253. The Morgan fingerprint density at radius 2 is 1.74 bits per heavy atom. The Kier molecular flexibility index (Phi) is 7.14. The van der Waals surface area contributed by atoms with Gasteiger partial charge in [0.15, 0.2) is 0 Å². The molecule has 0 aliphatic heterocycles. The third-order valence-electron chi connectivity index (χ3n) is 5.65. The summed E-state index contributed by atoms with van der Waals surface area (Å²) in [7, 11) is 0. The first-order valence-electron chi connectivity index (χ1n) is 10.5. The van der Waals surface area contributed by atoms with Gasteiger partial charge in [-0.3, -0.25) is 10.1 Å². The van der Waals surface area contributed by atoms with E-state index in [4.69, 9.17) is 23.2 Å². The molecule has 1 N–H and O–H groups in total. The molecule has 10 heteroatoms. The number of H-pyrrole nitrogens is 1. The van der Waals surface area contributed by atoms with Crippen LogP contribution in [-0.2, 0) is 19.0 Å². The van der Waals surface area contributed by atoms with E-state index in [1.165, 1.54) is 24.7 Å². The van der Waals surface area contributed by atoms with Gasteiger partial charge in [0.1, 0.15) is 5.69 Å². The topological polar surface area (TPSA) is 71.8 Å². The Morgan fingerprint density at radius 1 is 1.00 bits per heavy atom. The number of halogens is 5. The van der Waals surface area contributed by atoms with Crippen LogP contribution in [0.1, 0.15) is 34.0 Å². The van der Waals surface area contributed by atoms with Gasteiger partial charge in [-0.25, -0.2) is 4.98 Å². The fourth-order valence-electron chi connectivity index (χ4n) is 3.92. The van der Waals surface area contributed by atoms with Crippen LogP contribution in [-0.4, -0.2) is 14.9 Å². The van der Waals surface area contributed by atoms with Crippen molar-refractivity contribution in [2.75, 3.05) is 0 Å². The Morgan fingerprint density at radius 3 is 2.34 bits per heavy atom. The zero-order chi connectivity index (χ0) is 25.2. The average Bonchev–Trinajstić information content (AvgIpc) is 3.32. The minimum atomic E-state index is -4.42. The van der Waals surface area contributed by atoms with Crippen molar-refractivity contribution in [3.05, 3.63) is 121 Å². The molecule has 0 saturated heterocycles. The molecule has 0 saturated carbocycles. The van der Waals surface area contributed by atoms with Crippen molar-refractivity contribution in [3.63, 3.8) is 0 Å². The number of aromatic amines is 1. The molecule has 1 aromatic heterocycles. The highest BCUT2D eigenvalue weighted by atomic mass is 35.5. The van der Waals surface area contributed by atoms with Gasteiger partial charge in [0, 0.05) is 32.3 Å². The fraction of sp³-hybridized carbons (Fsp3) is 0.160. The van der Waals surface area contributed by atoms with Crippen molar-refractivity contribution in [1.82, 2.24) is 9.97 Å². The number of aromatic nitrogens is 2. The van der Waals surface area contributed by atoms with E-state index in [2.05, 4.69) is 9.97 Å². The molecule has 0 fully saturated rings. The summed E-state index contributed by atoms with van der Waals surface area (Å²) in [5.74, 6) is 0. The molecule has 4 rings (SSSR count). The normalized spacial score (nSPS) is 12.5. The summed E-state index contributed by atoms with van der Waals surface area (Å²) >= 11 is 12.4. The van der Waals surface area contributed by atoms with Gasteiger partial charge in [-0.05, 0) is 53.8 Å². The highest BCUT2D eigenvalue weighted by Gasteiger charge is 2.31. The van der Waals surface area contributed by atoms with Crippen LogP contribution >= 0.6 is 23.2 Å². The lowest BCUT2D eigenvalue weighted by molar-refractivity contribution is -0.518. The number of imidazole rings is 1. The van der Waals surface area contributed by atoms with Crippen molar-refractivity contribution in [2.24, 2.45) is 0 Å². The highest BCUT2D eigenvalue weighted by molar-refractivity contribution is 6.36. The first kappa shape index (κ1) is 24.8. The van der Waals surface area contributed by atoms with Crippen LogP contribution in [0, 0.1) is 10.1 Å². The molecule has 0 radical (unpaired) electrons. The molecule has 180 valence electrons. The van der Waals surface area contributed by atoms with E-state index in [1.807, 2.05) is 6.07 Å². The Labute approximate surface area is 208 Å². The maximum atomic E-state index is 12.9. The molecule has 5 nitrogen and oxygen atoms in total. The van der Waals surface area contributed by atoms with Crippen LogP contribution in [0.4, 0.5) is 13.2 Å². The molecule has 4 aromatic rings. The average molecular weight is 520 g/mol. The molecule has 0 amide bonds. The lowest BCUT2D eigenvalue weighted by Crippen LogP contribution is -2.15. The molecular formula is C25H18Cl2F3N3O2. The molecule has 1 unspecified atom stereocenters. The first-order chi connectivity index (χ1) is 16.6. The van der Waals surface area contributed by atoms with Gasteiger partial charge in [-0.2, -0.15) is 13.2 Å². The third-order valence-corrected chi connectivity index (χ3v) is 6.20. The van der Waals surface area contributed by atoms with Crippen LogP contribution in [0.5, 0.6) is 0 Å². The number of benzene rings is 3. The lowest BCUT2D eigenvalue weighted by atomic mass is 9.91. The van der Waals surface area contributed by atoms with Gasteiger partial charge >= 0.3 is 6.18 Å². The van der Waals surface area contributed by atoms with Crippen molar-refractivity contribution in [2.45, 2.75) is 25.1 Å². The van der Waals surface area contributed by atoms with Crippen LogP contribution in [0.2, 0.25) is 10.0 Å². The van der Waals surface area contributed by atoms with Gasteiger partial charge in [-0.15, -0.1) is 0 Å². The molecule has 0 aliphatic carbocycles. The molecule has 1 heterocycles. The number of rotatable bonds is 7. The fourth-order valence-corrected chi connectivity index (χ4v) is 4.44. The number of hydrogen-bond acceptors (Lipinski definition) is 3. The summed E-state index contributed by atoms with van der Waals surface area (Å²) in [6.07, 6.45) is -0.838. The summed E-state index contributed by atoms with van der Waals surface area (Å²) in [4.78, 5) is 18.4. The second-order valence-electron chi connectivity index (χ2n) is 7.91. The zero-order valence-corrected chi connectivity index (χ0v) is 19.5. The summed E-state index contributed by atoms with van der Waals surface area (Å²) < 4.78 is 38.7. The van der Waals surface area contributed by atoms with Crippen LogP contribution in [0.3, 0.4) is 0 Å². The summed E-state index contributed by atoms with van der Waals surface area (Å²) in [5.41, 5.74) is 2.76. The number of nitrogens with one attached hydrogen (secondary N) is 1. The number of nitro groups is 1. The maximum Gasteiger partial charge on any atom is 0.416 e. The van der Waals surface area contributed by atoms with E-state index in [-0.39, 0.29) is 5.69 Å². The van der Waals surface area contributed by atoms with Gasteiger partial charge in [-0.1, -0.05) is 59.6 Å². The Bertz CT molecular complexity index is 1340. The monoisotopic (exact) mass is 519 g/mol. The number of aryl methyl sites for hydroxylation is 2. The summed E-state index contributed by atoms with van der Waals surface area (Å²) in [6.45, 7) is 0. The molecule has 0 bridgehead atoms. The van der Waals surface area contributed by atoms with Gasteiger partial charge in [0.25, 0.3) is 6.04 Å². The second-order valence-corrected chi connectivity index (χ2v) is 8.76. The highest BCUT2D eigenvalue weighted by Crippen LogP contribution is 2.35. The van der Waals surface area contributed by atoms with Crippen LogP contribution in [0.25, 0.3) is 11.1 Å². The van der Waals surface area contributed by atoms with E-state index in [0.717, 1.165) is 17.7 Å². The van der Waals surface area contributed by atoms with Crippen molar-refractivity contribution >= 4 is 23.2 Å². The van der Waals surface area contributed by atoms with Gasteiger partial charge < -0.3 is 4.98 Å². The molecule has 3 aromatic carbocycles. The SMILES string of the molecule is O=[N+]([O-])C(c1c[nH]cn1)c1ccc(-c2ccc(Cl)cc2Cl)cc1CCc1ccc(C(F)(F)F)cc1. The molecule has 1 atom stereocenters. The van der Waals surface area contributed by atoms with Crippen molar-refractivity contribution in [3.8, 4) is 11.1 Å². The van der Waals surface area contributed by atoms with E-state index < -0.39 is 22.7 Å². The second kappa shape index (κ2) is 10.1. The Balaban J connectivity index is 1.73. The smallest absolute Gasteiger partial charge is 0.351 e. The largest absolute Gasteiger partial charge is 0.416 e. The van der Waals surface area contributed by atoms with Crippen LogP contribution in [0.15, 0.2) is 73.2 Å². The predicted molar refractivity (Wildman–Crippen MR) is 128 cm³/mol. The molecule has 0 spiro atoms. The van der Waals surface area contributed by atoms with Crippen LogP contribution < -0.4 is 0 Å². The first-order valence-corrected chi connectivity index (χ1v) is 11.3. The lowest BCUT2D eigenvalue weighted by Gasteiger charge is -2.16. The Hall–Kier alpha value is -3.36. The van der Waals surface area contributed by atoms with Crippen molar-refractivity contribution in [1.29, 1.82) is 0 Å². The quantitative estimate of drug-likeness (QED) is 0.202. The van der Waals surface area contributed by atoms with Gasteiger partial charge in [0.2, 0.25) is 0 Å². The van der Waals surface area contributed by atoms with E-state index in [1.54, 1.807) is 30.3 Å². The van der Waals surface area contributed by atoms with Gasteiger partial charge in [0.05, 0.1) is 11.9 Å². The summed E-state index contributed by atoms with van der Waals surface area (Å²) in [5, 5.41) is 12.9. The zero-order valence-electron chi connectivity index (χ0n) is 18.0. The van der Waals surface area contributed by atoms with Crippen molar-refractivity contribution < 1.29 is 18.1 Å².